The van der Waals surface area contributed by atoms with Crippen LogP contribution in [-0.4, -0.2) is 48.7 Å². The molecule has 0 aromatic heterocycles. The number of hydrogen-bond donors (Lipinski definition) is 2. The van der Waals surface area contributed by atoms with Gasteiger partial charge in [-0.3, -0.25) is 14.4 Å². The molecule has 1 rings (SSSR count). The van der Waals surface area contributed by atoms with Crippen LogP contribution < -0.4 is 10.6 Å². The summed E-state index contributed by atoms with van der Waals surface area (Å²) < 4.78 is 0. The van der Waals surface area contributed by atoms with Crippen LogP contribution in [0.1, 0.15) is 44.5 Å². The summed E-state index contributed by atoms with van der Waals surface area (Å²) in [6.07, 6.45) is 2.15. The molecule has 0 heterocycles. The lowest BCUT2D eigenvalue weighted by Gasteiger charge is -2.17. The summed E-state index contributed by atoms with van der Waals surface area (Å²) in [5.74, 6) is -0.653. The largest absolute Gasteiger partial charge is 0.352 e. The van der Waals surface area contributed by atoms with Crippen LogP contribution in [0.5, 0.6) is 0 Å². The van der Waals surface area contributed by atoms with Crippen molar-refractivity contribution in [2.24, 2.45) is 0 Å². The zero-order chi connectivity index (χ0) is 19.5. The predicted molar refractivity (Wildman–Crippen MR) is 104 cm³/mol. The lowest BCUT2D eigenvalue weighted by molar-refractivity contribution is -0.118. The lowest BCUT2D eigenvalue weighted by atomic mass is 10.1. The molecule has 0 aliphatic rings. The van der Waals surface area contributed by atoms with Gasteiger partial charge in [0, 0.05) is 29.4 Å². The van der Waals surface area contributed by atoms with Crippen molar-refractivity contribution >= 4 is 23.3 Å². The molecule has 0 saturated carbocycles. The van der Waals surface area contributed by atoms with Gasteiger partial charge in [-0.25, -0.2) is 0 Å². The minimum atomic E-state index is -0.378. The Morgan fingerprint density at radius 2 is 1.65 bits per heavy atom. The highest BCUT2D eigenvalue weighted by Gasteiger charge is 2.07. The summed E-state index contributed by atoms with van der Waals surface area (Å²) in [6, 6.07) is 6.62. The average molecular weight is 359 g/mol. The van der Waals surface area contributed by atoms with Gasteiger partial charge in [0.25, 0.3) is 0 Å². The number of ketones is 1. The number of nitrogens with one attached hydrogen (secondary N) is 2. The first kappa shape index (κ1) is 21.6. The minimum absolute atomic E-state index is 0.0312. The second-order valence-electron chi connectivity index (χ2n) is 6.09. The third-order valence-corrected chi connectivity index (χ3v) is 4.10. The SMILES string of the molecule is CCN(CC)CCCNC(=O)/C(C)=C\C(=O)Nc1ccc(C(C)=O)cc1. The van der Waals surface area contributed by atoms with Gasteiger partial charge in [-0.05, 0) is 64.2 Å². The maximum absolute atomic E-state index is 12.0. The predicted octanol–water partition coefficient (Wildman–Crippen LogP) is 2.62. The van der Waals surface area contributed by atoms with E-state index < -0.39 is 0 Å². The number of carbonyl (C=O) groups excluding carboxylic acids is 3. The van der Waals surface area contributed by atoms with Crippen LogP contribution in [0.2, 0.25) is 0 Å². The molecule has 1 aromatic rings. The topological polar surface area (TPSA) is 78.5 Å². The molecule has 0 fully saturated rings. The van der Waals surface area contributed by atoms with E-state index in [0.29, 0.717) is 23.4 Å². The molecular weight excluding hydrogens is 330 g/mol. The Morgan fingerprint density at radius 1 is 1.04 bits per heavy atom. The Kier molecular flexibility index (Phi) is 9.30. The maximum atomic E-state index is 12.0. The summed E-state index contributed by atoms with van der Waals surface area (Å²) in [5.41, 5.74) is 1.51. The molecule has 0 radical (unpaired) electrons. The second kappa shape index (κ2) is 11.2. The fraction of sp³-hybridized carbons (Fsp3) is 0.450. The van der Waals surface area contributed by atoms with E-state index in [2.05, 4.69) is 29.4 Å². The quantitative estimate of drug-likeness (QED) is 0.382. The Balaban J connectivity index is 2.45. The third kappa shape index (κ3) is 7.61. The first-order chi connectivity index (χ1) is 12.4. The first-order valence-corrected chi connectivity index (χ1v) is 8.98. The minimum Gasteiger partial charge on any atom is -0.352 e. The van der Waals surface area contributed by atoms with Gasteiger partial charge in [-0.2, -0.15) is 0 Å². The van der Waals surface area contributed by atoms with E-state index in [1.807, 2.05) is 0 Å². The van der Waals surface area contributed by atoms with E-state index in [9.17, 15) is 14.4 Å². The Bertz CT molecular complexity index is 647. The molecular formula is C20H29N3O3. The zero-order valence-corrected chi connectivity index (χ0v) is 16.1. The average Bonchev–Trinajstić information content (AvgIpc) is 2.61. The fourth-order valence-corrected chi connectivity index (χ4v) is 2.41. The van der Waals surface area contributed by atoms with Gasteiger partial charge < -0.3 is 15.5 Å². The molecule has 0 saturated heterocycles. The second-order valence-corrected chi connectivity index (χ2v) is 6.09. The highest BCUT2D eigenvalue weighted by atomic mass is 16.2. The van der Waals surface area contributed by atoms with Gasteiger partial charge >= 0.3 is 0 Å². The highest BCUT2D eigenvalue weighted by molar-refractivity contribution is 6.06. The van der Waals surface area contributed by atoms with Crippen molar-refractivity contribution < 1.29 is 14.4 Å². The van der Waals surface area contributed by atoms with Crippen LogP contribution in [0.15, 0.2) is 35.9 Å². The maximum Gasteiger partial charge on any atom is 0.248 e. The van der Waals surface area contributed by atoms with Crippen LogP contribution in [0.3, 0.4) is 0 Å². The summed E-state index contributed by atoms with van der Waals surface area (Å²) in [7, 11) is 0. The van der Waals surface area contributed by atoms with E-state index in [1.54, 1.807) is 31.2 Å². The van der Waals surface area contributed by atoms with Gasteiger partial charge in [-0.15, -0.1) is 0 Å². The van der Waals surface area contributed by atoms with Gasteiger partial charge in [0.1, 0.15) is 0 Å². The number of amides is 2. The normalized spacial score (nSPS) is 11.3. The van der Waals surface area contributed by atoms with E-state index >= 15 is 0 Å². The Labute approximate surface area is 155 Å². The van der Waals surface area contributed by atoms with Gasteiger partial charge in [0.05, 0.1) is 0 Å². The number of anilines is 1. The first-order valence-electron chi connectivity index (χ1n) is 8.98. The van der Waals surface area contributed by atoms with Crippen molar-refractivity contribution in [3.63, 3.8) is 0 Å². The Morgan fingerprint density at radius 3 is 2.19 bits per heavy atom. The molecule has 6 nitrogen and oxygen atoms in total. The molecule has 26 heavy (non-hydrogen) atoms. The number of nitrogens with zero attached hydrogens (tertiary/aromatic N) is 1. The molecule has 2 amide bonds. The van der Waals surface area contributed by atoms with Crippen molar-refractivity contribution in [2.45, 2.75) is 34.1 Å². The summed E-state index contributed by atoms with van der Waals surface area (Å²) >= 11 is 0. The molecule has 0 bridgehead atoms. The van der Waals surface area contributed by atoms with Gasteiger partial charge in [0.15, 0.2) is 5.78 Å². The van der Waals surface area contributed by atoms with Crippen LogP contribution in [-0.2, 0) is 9.59 Å². The van der Waals surface area contributed by atoms with Crippen molar-refractivity contribution in [1.82, 2.24) is 10.2 Å². The number of rotatable bonds is 10. The molecule has 0 spiro atoms. The van der Waals surface area contributed by atoms with Crippen LogP contribution in [0, 0.1) is 0 Å². The van der Waals surface area contributed by atoms with E-state index in [0.717, 1.165) is 26.1 Å². The summed E-state index contributed by atoms with van der Waals surface area (Å²) in [6.45, 7) is 10.8. The van der Waals surface area contributed by atoms with Crippen molar-refractivity contribution in [2.75, 3.05) is 31.5 Å². The van der Waals surface area contributed by atoms with E-state index in [4.69, 9.17) is 0 Å². The molecule has 2 N–H and O–H groups in total. The molecule has 6 heteroatoms. The number of Topliss-reactive ketones (excluding diaryl/α,β-unsaturated/α-hetero) is 1. The summed E-state index contributed by atoms with van der Waals surface area (Å²) in [5, 5.41) is 5.50. The zero-order valence-electron chi connectivity index (χ0n) is 16.1. The standard InChI is InChI=1S/C20H29N3O3/c1-5-23(6-2)13-7-12-21-20(26)15(3)14-19(25)22-18-10-8-17(9-11-18)16(4)24/h8-11,14H,5-7,12-13H2,1-4H3,(H,21,26)(H,22,25)/b15-14-. The lowest BCUT2D eigenvalue weighted by Crippen LogP contribution is -2.30. The van der Waals surface area contributed by atoms with E-state index in [1.165, 1.54) is 13.0 Å². The van der Waals surface area contributed by atoms with Crippen LogP contribution >= 0.6 is 0 Å². The fourth-order valence-electron chi connectivity index (χ4n) is 2.41. The molecule has 0 unspecified atom stereocenters. The van der Waals surface area contributed by atoms with Crippen LogP contribution in [0.25, 0.3) is 0 Å². The van der Waals surface area contributed by atoms with Crippen molar-refractivity contribution in [1.29, 1.82) is 0 Å². The smallest absolute Gasteiger partial charge is 0.248 e. The number of benzene rings is 1. The number of hydrogen-bond acceptors (Lipinski definition) is 4. The Hall–Kier alpha value is -2.47. The number of carbonyl (C=O) groups is 3. The highest BCUT2D eigenvalue weighted by Crippen LogP contribution is 2.10. The molecule has 0 atom stereocenters. The molecule has 0 aliphatic heterocycles. The summed E-state index contributed by atoms with van der Waals surface area (Å²) in [4.78, 5) is 37.6. The molecule has 142 valence electrons. The van der Waals surface area contributed by atoms with Gasteiger partial charge in [0.2, 0.25) is 11.8 Å². The monoisotopic (exact) mass is 359 g/mol. The van der Waals surface area contributed by atoms with Crippen molar-refractivity contribution in [3.05, 3.63) is 41.5 Å². The van der Waals surface area contributed by atoms with Crippen LogP contribution in [0.4, 0.5) is 5.69 Å². The van der Waals surface area contributed by atoms with Gasteiger partial charge in [-0.1, -0.05) is 13.8 Å². The van der Waals surface area contributed by atoms with Crippen molar-refractivity contribution in [3.8, 4) is 0 Å². The molecule has 0 aliphatic carbocycles. The van der Waals surface area contributed by atoms with E-state index in [-0.39, 0.29) is 17.6 Å². The molecule has 1 aromatic carbocycles. The third-order valence-electron chi connectivity index (χ3n) is 4.10.